The van der Waals surface area contributed by atoms with E-state index in [0.717, 1.165) is 31.6 Å². The van der Waals surface area contributed by atoms with Crippen LogP contribution in [0.3, 0.4) is 0 Å². The summed E-state index contributed by atoms with van der Waals surface area (Å²) in [7, 11) is 0. The molecule has 1 saturated heterocycles. The third kappa shape index (κ3) is 3.20. The summed E-state index contributed by atoms with van der Waals surface area (Å²) in [4.78, 5) is 18.1. The van der Waals surface area contributed by atoms with E-state index in [-0.39, 0.29) is 5.92 Å². The lowest BCUT2D eigenvalue weighted by Crippen LogP contribution is -2.38. The molecule has 1 aliphatic heterocycles. The van der Waals surface area contributed by atoms with E-state index in [4.69, 9.17) is 10.1 Å². The molecule has 1 atom stereocenters. The molecule has 3 rings (SSSR count). The van der Waals surface area contributed by atoms with Gasteiger partial charge in [-0.3, -0.25) is 9.69 Å². The molecule has 1 unspecified atom stereocenters. The van der Waals surface area contributed by atoms with Gasteiger partial charge in [0.2, 0.25) is 0 Å². The standard InChI is InChI=1S/C15H22N2O2S/c18-15(19)12-6-3-7-17(8-12)9-13-10-20-14(16-13)11-4-1-2-5-11/h10-12H,1-9H2,(H,18,19). The summed E-state index contributed by atoms with van der Waals surface area (Å²) >= 11 is 1.79. The van der Waals surface area contributed by atoms with Gasteiger partial charge in [0.25, 0.3) is 0 Å². The van der Waals surface area contributed by atoms with Crippen molar-refractivity contribution in [3.8, 4) is 0 Å². The Hall–Kier alpha value is -0.940. The topological polar surface area (TPSA) is 53.4 Å². The fraction of sp³-hybridized carbons (Fsp3) is 0.733. The van der Waals surface area contributed by atoms with Crippen LogP contribution in [0.2, 0.25) is 0 Å². The second kappa shape index (κ2) is 6.22. The molecule has 0 aromatic carbocycles. The Morgan fingerprint density at radius 3 is 2.90 bits per heavy atom. The lowest BCUT2D eigenvalue weighted by atomic mass is 9.98. The maximum absolute atomic E-state index is 11.1. The second-order valence-electron chi connectivity index (χ2n) is 6.07. The zero-order valence-electron chi connectivity index (χ0n) is 11.8. The van der Waals surface area contributed by atoms with Crippen LogP contribution in [0.25, 0.3) is 0 Å². The molecular weight excluding hydrogens is 272 g/mol. The number of carbonyl (C=O) groups is 1. The quantitative estimate of drug-likeness (QED) is 0.927. The minimum absolute atomic E-state index is 0.198. The molecule has 110 valence electrons. The molecular formula is C15H22N2O2S. The van der Waals surface area contributed by atoms with Gasteiger partial charge in [0.1, 0.15) is 0 Å². The summed E-state index contributed by atoms with van der Waals surface area (Å²) in [5, 5.41) is 12.6. The Labute approximate surface area is 123 Å². The van der Waals surface area contributed by atoms with Gasteiger partial charge in [-0.05, 0) is 32.2 Å². The van der Waals surface area contributed by atoms with Crippen molar-refractivity contribution in [2.45, 2.75) is 51.0 Å². The average molecular weight is 294 g/mol. The summed E-state index contributed by atoms with van der Waals surface area (Å²) in [5.41, 5.74) is 1.13. The number of carboxylic acid groups (broad SMARTS) is 1. The number of aromatic nitrogens is 1. The Bertz CT molecular complexity index is 468. The molecule has 1 saturated carbocycles. The van der Waals surface area contributed by atoms with Crippen LogP contribution in [0.5, 0.6) is 0 Å². The first kappa shape index (κ1) is 14.0. The van der Waals surface area contributed by atoms with Gasteiger partial charge in [-0.2, -0.15) is 0 Å². The summed E-state index contributed by atoms with van der Waals surface area (Å²) < 4.78 is 0. The van der Waals surface area contributed by atoms with Gasteiger partial charge < -0.3 is 5.11 Å². The van der Waals surface area contributed by atoms with E-state index in [1.807, 2.05) is 0 Å². The maximum Gasteiger partial charge on any atom is 0.307 e. The number of nitrogens with zero attached hydrogens (tertiary/aromatic N) is 2. The lowest BCUT2D eigenvalue weighted by Gasteiger charge is -2.29. The highest BCUT2D eigenvalue weighted by atomic mass is 32.1. The van der Waals surface area contributed by atoms with E-state index in [1.165, 1.54) is 30.7 Å². The van der Waals surface area contributed by atoms with Crippen LogP contribution in [-0.4, -0.2) is 34.0 Å². The van der Waals surface area contributed by atoms with Crippen molar-refractivity contribution in [3.05, 3.63) is 16.1 Å². The zero-order chi connectivity index (χ0) is 13.9. The maximum atomic E-state index is 11.1. The lowest BCUT2D eigenvalue weighted by molar-refractivity contribution is -0.143. The number of likely N-dealkylation sites (tertiary alicyclic amines) is 1. The molecule has 1 aliphatic carbocycles. The number of rotatable bonds is 4. The molecule has 1 aromatic heterocycles. The van der Waals surface area contributed by atoms with E-state index < -0.39 is 5.97 Å². The highest BCUT2D eigenvalue weighted by Crippen LogP contribution is 2.35. The first-order chi connectivity index (χ1) is 9.72. The van der Waals surface area contributed by atoms with Gasteiger partial charge in [0, 0.05) is 24.4 Å². The smallest absolute Gasteiger partial charge is 0.307 e. The molecule has 2 aliphatic rings. The van der Waals surface area contributed by atoms with Crippen LogP contribution in [0.1, 0.15) is 55.1 Å². The van der Waals surface area contributed by atoms with Crippen molar-refractivity contribution >= 4 is 17.3 Å². The van der Waals surface area contributed by atoms with Crippen molar-refractivity contribution in [1.29, 1.82) is 0 Å². The Kier molecular flexibility index (Phi) is 4.36. The normalized spacial score (nSPS) is 25.1. The van der Waals surface area contributed by atoms with Crippen LogP contribution in [0.4, 0.5) is 0 Å². The molecule has 0 bridgehead atoms. The number of piperidine rings is 1. The number of hydrogen-bond donors (Lipinski definition) is 1. The Balaban J connectivity index is 1.58. The molecule has 1 aromatic rings. The van der Waals surface area contributed by atoms with Crippen molar-refractivity contribution in [2.24, 2.45) is 5.92 Å². The number of carboxylic acids is 1. The molecule has 0 spiro atoms. The Morgan fingerprint density at radius 2 is 2.15 bits per heavy atom. The van der Waals surface area contributed by atoms with Crippen LogP contribution in [-0.2, 0) is 11.3 Å². The molecule has 1 N–H and O–H groups in total. The molecule has 2 fully saturated rings. The number of aliphatic carboxylic acids is 1. The van der Waals surface area contributed by atoms with Gasteiger partial charge in [0.15, 0.2) is 0 Å². The third-order valence-electron chi connectivity index (χ3n) is 4.51. The molecule has 2 heterocycles. The Morgan fingerprint density at radius 1 is 1.35 bits per heavy atom. The highest BCUT2D eigenvalue weighted by Gasteiger charge is 2.26. The van der Waals surface area contributed by atoms with Crippen LogP contribution in [0, 0.1) is 5.92 Å². The van der Waals surface area contributed by atoms with Crippen LogP contribution < -0.4 is 0 Å². The van der Waals surface area contributed by atoms with Gasteiger partial charge in [-0.15, -0.1) is 11.3 Å². The molecule has 5 heteroatoms. The monoisotopic (exact) mass is 294 g/mol. The highest BCUT2D eigenvalue weighted by molar-refractivity contribution is 7.09. The van der Waals surface area contributed by atoms with Crippen LogP contribution in [0.15, 0.2) is 5.38 Å². The molecule has 20 heavy (non-hydrogen) atoms. The SMILES string of the molecule is O=C(O)C1CCCN(Cc2csc(C3CCCC3)n2)C1. The molecule has 4 nitrogen and oxygen atoms in total. The van der Waals surface area contributed by atoms with E-state index >= 15 is 0 Å². The van der Waals surface area contributed by atoms with E-state index in [1.54, 1.807) is 11.3 Å². The van der Waals surface area contributed by atoms with Crippen molar-refractivity contribution in [2.75, 3.05) is 13.1 Å². The largest absolute Gasteiger partial charge is 0.481 e. The van der Waals surface area contributed by atoms with E-state index in [2.05, 4.69) is 10.3 Å². The second-order valence-corrected chi connectivity index (χ2v) is 6.96. The van der Waals surface area contributed by atoms with Crippen molar-refractivity contribution in [1.82, 2.24) is 9.88 Å². The van der Waals surface area contributed by atoms with E-state index in [0.29, 0.717) is 12.5 Å². The fourth-order valence-electron chi connectivity index (χ4n) is 3.39. The van der Waals surface area contributed by atoms with Crippen LogP contribution >= 0.6 is 11.3 Å². The minimum Gasteiger partial charge on any atom is -0.481 e. The number of thiazole rings is 1. The van der Waals surface area contributed by atoms with Crippen molar-refractivity contribution in [3.63, 3.8) is 0 Å². The molecule has 0 radical (unpaired) electrons. The summed E-state index contributed by atoms with van der Waals surface area (Å²) in [6.45, 7) is 2.48. The van der Waals surface area contributed by atoms with Gasteiger partial charge in [0.05, 0.1) is 16.6 Å². The first-order valence-corrected chi connectivity index (χ1v) is 8.50. The molecule has 0 amide bonds. The van der Waals surface area contributed by atoms with Gasteiger partial charge in [-0.25, -0.2) is 4.98 Å². The third-order valence-corrected chi connectivity index (χ3v) is 5.57. The predicted molar refractivity (Wildman–Crippen MR) is 79.0 cm³/mol. The average Bonchev–Trinajstić information content (AvgIpc) is 3.09. The summed E-state index contributed by atoms with van der Waals surface area (Å²) in [6, 6.07) is 0. The van der Waals surface area contributed by atoms with Crippen molar-refractivity contribution < 1.29 is 9.90 Å². The van der Waals surface area contributed by atoms with E-state index in [9.17, 15) is 4.79 Å². The van der Waals surface area contributed by atoms with Gasteiger partial charge >= 0.3 is 5.97 Å². The minimum atomic E-state index is -0.653. The first-order valence-electron chi connectivity index (χ1n) is 7.62. The zero-order valence-corrected chi connectivity index (χ0v) is 12.6. The summed E-state index contributed by atoms with van der Waals surface area (Å²) in [6.07, 6.45) is 7.06. The predicted octanol–water partition coefficient (Wildman–Crippen LogP) is 3.10. The number of hydrogen-bond acceptors (Lipinski definition) is 4. The fourth-order valence-corrected chi connectivity index (χ4v) is 4.37. The summed E-state index contributed by atoms with van der Waals surface area (Å²) in [5.74, 6) is -0.168. The van der Waals surface area contributed by atoms with Gasteiger partial charge in [-0.1, -0.05) is 12.8 Å².